The van der Waals surface area contributed by atoms with E-state index in [1.165, 1.54) is 11.0 Å². The molecular weight excluding hydrogens is 362 g/mol. The second kappa shape index (κ2) is 7.59. The minimum absolute atomic E-state index is 0.106. The number of benzene rings is 3. The van der Waals surface area contributed by atoms with Gasteiger partial charge in [-0.05, 0) is 46.5 Å². The first-order chi connectivity index (χ1) is 14.0. The quantitative estimate of drug-likeness (QED) is 0.569. The van der Waals surface area contributed by atoms with Gasteiger partial charge in [0.15, 0.2) is 0 Å². The number of aromatic nitrogens is 3. The zero-order valence-corrected chi connectivity index (χ0v) is 16.3. The largest absolute Gasteiger partial charge is 0.378 e. The maximum Gasteiger partial charge on any atom is 0.286 e. The highest BCUT2D eigenvalue weighted by atomic mass is 16.1. The fourth-order valence-corrected chi connectivity index (χ4v) is 3.33. The number of rotatable bonds is 5. The topological polar surface area (TPSA) is 77.0 Å². The van der Waals surface area contributed by atoms with Crippen LogP contribution in [0, 0.1) is 0 Å². The Morgan fingerprint density at radius 1 is 0.897 bits per heavy atom. The van der Waals surface area contributed by atoms with Crippen molar-refractivity contribution in [2.24, 2.45) is 5.73 Å². The Balaban J connectivity index is 1.79. The molecule has 6 heteroatoms. The van der Waals surface area contributed by atoms with Gasteiger partial charge in [0.2, 0.25) is 5.82 Å². The van der Waals surface area contributed by atoms with Crippen molar-refractivity contribution in [3.63, 3.8) is 0 Å². The van der Waals surface area contributed by atoms with E-state index in [1.807, 2.05) is 50.5 Å². The van der Waals surface area contributed by atoms with Crippen molar-refractivity contribution in [2.75, 3.05) is 19.0 Å². The zero-order valence-electron chi connectivity index (χ0n) is 16.3. The molecule has 0 aliphatic carbocycles. The van der Waals surface area contributed by atoms with E-state index >= 15 is 0 Å². The standard InChI is InChI=1S/C23H21N5O/c1-27(2)18-12-10-16(11-13-18)20-8-3-4-9-21(20)17-6-5-7-19(14-17)28-23(22(24)29)25-15-26-28/h3-15H,1-2H3,(H2,24,29). The Hall–Kier alpha value is -3.93. The van der Waals surface area contributed by atoms with Crippen molar-refractivity contribution in [1.82, 2.24) is 14.8 Å². The summed E-state index contributed by atoms with van der Waals surface area (Å²) in [5.74, 6) is -0.510. The van der Waals surface area contributed by atoms with E-state index in [9.17, 15) is 4.79 Å². The van der Waals surface area contributed by atoms with Crippen molar-refractivity contribution >= 4 is 11.6 Å². The molecule has 0 radical (unpaired) electrons. The van der Waals surface area contributed by atoms with Crippen LogP contribution in [0.2, 0.25) is 0 Å². The first-order valence-corrected chi connectivity index (χ1v) is 9.22. The molecule has 1 aromatic heterocycles. The molecular formula is C23H21N5O. The van der Waals surface area contributed by atoms with Gasteiger partial charge in [0.1, 0.15) is 6.33 Å². The van der Waals surface area contributed by atoms with Crippen LogP contribution >= 0.6 is 0 Å². The van der Waals surface area contributed by atoms with Gasteiger partial charge in [-0.2, -0.15) is 5.10 Å². The minimum Gasteiger partial charge on any atom is -0.378 e. The summed E-state index contributed by atoms with van der Waals surface area (Å²) < 4.78 is 1.46. The van der Waals surface area contributed by atoms with E-state index in [1.54, 1.807) is 0 Å². The number of nitrogens with zero attached hydrogens (tertiary/aromatic N) is 4. The average molecular weight is 383 g/mol. The van der Waals surface area contributed by atoms with Gasteiger partial charge >= 0.3 is 0 Å². The molecule has 6 nitrogen and oxygen atoms in total. The molecule has 144 valence electrons. The summed E-state index contributed by atoms with van der Waals surface area (Å²) in [6.45, 7) is 0. The predicted molar refractivity (Wildman–Crippen MR) is 115 cm³/mol. The number of primary amides is 1. The summed E-state index contributed by atoms with van der Waals surface area (Å²) in [5.41, 5.74) is 11.7. The molecule has 0 fully saturated rings. The highest BCUT2D eigenvalue weighted by Gasteiger charge is 2.13. The second-order valence-electron chi connectivity index (χ2n) is 6.90. The monoisotopic (exact) mass is 383 g/mol. The number of amides is 1. The molecule has 1 amide bonds. The third-order valence-electron chi connectivity index (χ3n) is 4.79. The molecule has 3 aromatic carbocycles. The number of nitrogens with two attached hydrogens (primary N) is 1. The molecule has 4 rings (SSSR count). The first kappa shape index (κ1) is 18.4. The molecule has 0 saturated carbocycles. The summed E-state index contributed by atoms with van der Waals surface area (Å²) in [7, 11) is 4.05. The van der Waals surface area contributed by atoms with E-state index in [-0.39, 0.29) is 5.82 Å². The van der Waals surface area contributed by atoms with Crippen LogP contribution in [0.25, 0.3) is 27.9 Å². The lowest BCUT2D eigenvalue weighted by molar-refractivity contribution is 0.0988. The van der Waals surface area contributed by atoms with E-state index in [2.05, 4.69) is 51.4 Å². The summed E-state index contributed by atoms with van der Waals surface area (Å²) in [5, 5.41) is 4.15. The Morgan fingerprint density at radius 2 is 1.59 bits per heavy atom. The Kier molecular flexibility index (Phi) is 4.83. The SMILES string of the molecule is CN(C)c1ccc(-c2ccccc2-c2cccc(-n3ncnc3C(N)=O)c2)cc1. The molecule has 0 unspecified atom stereocenters. The fraction of sp³-hybridized carbons (Fsp3) is 0.0870. The Bertz CT molecular complexity index is 1160. The van der Waals surface area contributed by atoms with Crippen LogP contribution in [-0.4, -0.2) is 34.8 Å². The van der Waals surface area contributed by atoms with Crippen LogP contribution in [0.15, 0.2) is 79.1 Å². The molecule has 1 heterocycles. The summed E-state index contributed by atoms with van der Waals surface area (Å²) in [4.78, 5) is 17.7. The van der Waals surface area contributed by atoms with Gasteiger partial charge in [-0.15, -0.1) is 0 Å². The molecule has 2 N–H and O–H groups in total. The third kappa shape index (κ3) is 3.60. The van der Waals surface area contributed by atoms with Gasteiger partial charge in [0.25, 0.3) is 5.91 Å². The highest BCUT2D eigenvalue weighted by molar-refractivity contribution is 5.90. The lowest BCUT2D eigenvalue weighted by atomic mass is 9.94. The van der Waals surface area contributed by atoms with Crippen molar-refractivity contribution in [3.8, 4) is 27.9 Å². The maximum absolute atomic E-state index is 11.6. The van der Waals surface area contributed by atoms with E-state index in [4.69, 9.17) is 5.73 Å². The van der Waals surface area contributed by atoms with Crippen LogP contribution in [0.1, 0.15) is 10.6 Å². The lowest BCUT2D eigenvalue weighted by Gasteiger charge is -2.15. The predicted octanol–water partition coefficient (Wildman–Crippen LogP) is 3.77. The maximum atomic E-state index is 11.6. The zero-order chi connectivity index (χ0) is 20.4. The molecule has 0 aliphatic heterocycles. The molecule has 0 atom stereocenters. The van der Waals surface area contributed by atoms with Gasteiger partial charge < -0.3 is 10.6 Å². The normalized spacial score (nSPS) is 10.7. The van der Waals surface area contributed by atoms with Gasteiger partial charge in [-0.25, -0.2) is 9.67 Å². The Labute approximate surface area is 169 Å². The van der Waals surface area contributed by atoms with Crippen LogP contribution in [-0.2, 0) is 0 Å². The molecule has 0 spiro atoms. The summed E-state index contributed by atoms with van der Waals surface area (Å²) in [6.07, 6.45) is 1.33. The van der Waals surface area contributed by atoms with Crippen molar-refractivity contribution < 1.29 is 4.79 Å². The smallest absolute Gasteiger partial charge is 0.286 e. The van der Waals surface area contributed by atoms with Crippen LogP contribution in [0.5, 0.6) is 0 Å². The van der Waals surface area contributed by atoms with Gasteiger partial charge in [-0.3, -0.25) is 4.79 Å². The summed E-state index contributed by atoms with van der Waals surface area (Å²) >= 11 is 0. The molecule has 0 saturated heterocycles. The van der Waals surface area contributed by atoms with Crippen LogP contribution in [0.3, 0.4) is 0 Å². The van der Waals surface area contributed by atoms with E-state index < -0.39 is 5.91 Å². The number of anilines is 1. The third-order valence-corrected chi connectivity index (χ3v) is 4.79. The van der Waals surface area contributed by atoms with Gasteiger partial charge in [0, 0.05) is 19.8 Å². The summed E-state index contributed by atoms with van der Waals surface area (Å²) in [6, 6.07) is 24.5. The Morgan fingerprint density at radius 3 is 2.24 bits per heavy atom. The second-order valence-corrected chi connectivity index (χ2v) is 6.90. The van der Waals surface area contributed by atoms with E-state index in [0.717, 1.165) is 33.6 Å². The molecule has 0 aliphatic rings. The van der Waals surface area contributed by atoms with Crippen molar-refractivity contribution in [1.29, 1.82) is 0 Å². The molecule has 4 aromatic rings. The fourth-order valence-electron chi connectivity index (χ4n) is 3.33. The van der Waals surface area contributed by atoms with Crippen molar-refractivity contribution in [2.45, 2.75) is 0 Å². The minimum atomic E-state index is -0.616. The molecule has 0 bridgehead atoms. The van der Waals surface area contributed by atoms with Crippen LogP contribution < -0.4 is 10.6 Å². The average Bonchev–Trinajstić information content (AvgIpc) is 3.24. The number of hydrogen-bond acceptors (Lipinski definition) is 4. The van der Waals surface area contributed by atoms with Crippen molar-refractivity contribution in [3.05, 3.63) is 84.9 Å². The van der Waals surface area contributed by atoms with Gasteiger partial charge in [0.05, 0.1) is 5.69 Å². The lowest BCUT2D eigenvalue weighted by Crippen LogP contribution is -2.18. The van der Waals surface area contributed by atoms with Crippen LogP contribution in [0.4, 0.5) is 5.69 Å². The number of hydrogen-bond donors (Lipinski definition) is 1. The first-order valence-electron chi connectivity index (χ1n) is 9.22. The number of carbonyl (C=O) groups excluding carboxylic acids is 1. The number of carbonyl (C=O) groups is 1. The van der Waals surface area contributed by atoms with E-state index in [0.29, 0.717) is 0 Å². The van der Waals surface area contributed by atoms with Gasteiger partial charge in [-0.1, -0.05) is 48.5 Å². The molecule has 29 heavy (non-hydrogen) atoms. The highest BCUT2D eigenvalue weighted by Crippen LogP contribution is 2.33.